The van der Waals surface area contributed by atoms with Crippen molar-refractivity contribution in [2.75, 3.05) is 0 Å². The Labute approximate surface area is 182 Å². The second-order valence-corrected chi connectivity index (χ2v) is 7.80. The van der Waals surface area contributed by atoms with Crippen molar-refractivity contribution in [2.45, 2.75) is 12.8 Å². The lowest BCUT2D eigenvalue weighted by molar-refractivity contribution is -0.117. The maximum Gasteiger partial charge on any atom is 0.221 e. The molecule has 2 N–H and O–H groups in total. The van der Waals surface area contributed by atoms with Crippen molar-refractivity contribution >= 4 is 17.5 Å². The highest BCUT2D eigenvalue weighted by Crippen LogP contribution is 2.30. The van der Waals surface area contributed by atoms with E-state index >= 15 is 0 Å². The van der Waals surface area contributed by atoms with E-state index in [4.69, 9.17) is 17.3 Å². The lowest BCUT2D eigenvalue weighted by atomic mass is 9.93. The number of primary amides is 1. The average molecular weight is 412 g/mol. The predicted octanol–water partition coefficient (Wildman–Crippen LogP) is 6.29. The Balaban J connectivity index is 1.73. The SMILES string of the molecule is NC(=O)Cc1ccc(Cc2cc(-c3ccccc3)cc(-c3ccccc3)c2)c(Cl)c1. The molecule has 0 aliphatic rings. The minimum Gasteiger partial charge on any atom is -0.369 e. The molecule has 4 aromatic carbocycles. The normalized spacial score (nSPS) is 10.7. The molecule has 0 atom stereocenters. The van der Waals surface area contributed by atoms with Crippen molar-refractivity contribution in [3.05, 3.63) is 119 Å². The van der Waals surface area contributed by atoms with Gasteiger partial charge in [0, 0.05) is 5.02 Å². The summed E-state index contributed by atoms with van der Waals surface area (Å²) >= 11 is 6.52. The monoisotopic (exact) mass is 411 g/mol. The minimum absolute atomic E-state index is 0.196. The number of hydrogen-bond acceptors (Lipinski definition) is 1. The lowest BCUT2D eigenvalue weighted by Gasteiger charge is -2.12. The predicted molar refractivity (Wildman–Crippen MR) is 124 cm³/mol. The van der Waals surface area contributed by atoms with Crippen LogP contribution in [0.3, 0.4) is 0 Å². The van der Waals surface area contributed by atoms with Crippen LogP contribution < -0.4 is 5.73 Å². The van der Waals surface area contributed by atoms with Crippen LogP contribution in [0.25, 0.3) is 22.3 Å². The summed E-state index contributed by atoms with van der Waals surface area (Å²) < 4.78 is 0. The van der Waals surface area contributed by atoms with Crippen LogP contribution in [0.1, 0.15) is 16.7 Å². The zero-order valence-electron chi connectivity index (χ0n) is 16.5. The number of nitrogens with two attached hydrogens (primary N) is 1. The van der Waals surface area contributed by atoms with Crippen molar-refractivity contribution in [3.63, 3.8) is 0 Å². The number of rotatable bonds is 6. The van der Waals surface area contributed by atoms with Gasteiger partial charge >= 0.3 is 0 Å². The molecule has 0 aliphatic carbocycles. The fourth-order valence-corrected chi connectivity index (χ4v) is 3.92. The van der Waals surface area contributed by atoms with E-state index in [1.165, 1.54) is 27.8 Å². The highest BCUT2D eigenvalue weighted by atomic mass is 35.5. The summed E-state index contributed by atoms with van der Waals surface area (Å²) in [5.74, 6) is -0.359. The van der Waals surface area contributed by atoms with Crippen molar-refractivity contribution in [1.82, 2.24) is 0 Å². The van der Waals surface area contributed by atoms with Crippen LogP contribution in [0.4, 0.5) is 0 Å². The first-order valence-electron chi connectivity index (χ1n) is 9.89. The third-order valence-electron chi connectivity index (χ3n) is 5.10. The maximum atomic E-state index is 11.2. The van der Waals surface area contributed by atoms with Crippen LogP contribution in [0.15, 0.2) is 97.1 Å². The number of benzene rings is 4. The maximum absolute atomic E-state index is 11.2. The summed E-state index contributed by atoms with van der Waals surface area (Å²) in [6.45, 7) is 0. The van der Waals surface area contributed by atoms with Gasteiger partial charge in [0.1, 0.15) is 0 Å². The molecule has 3 heteroatoms. The van der Waals surface area contributed by atoms with Gasteiger partial charge < -0.3 is 5.73 Å². The fourth-order valence-electron chi connectivity index (χ4n) is 3.65. The van der Waals surface area contributed by atoms with E-state index < -0.39 is 0 Å². The van der Waals surface area contributed by atoms with E-state index in [0.29, 0.717) is 11.4 Å². The fraction of sp³-hybridized carbons (Fsp3) is 0.0741. The Morgan fingerprint density at radius 2 is 1.23 bits per heavy atom. The molecule has 148 valence electrons. The molecule has 0 aromatic heterocycles. The van der Waals surface area contributed by atoms with E-state index in [1.807, 2.05) is 30.3 Å². The first-order chi connectivity index (χ1) is 14.6. The molecule has 1 amide bonds. The summed E-state index contributed by atoms with van der Waals surface area (Å²) in [4.78, 5) is 11.2. The Kier molecular flexibility index (Phi) is 5.97. The van der Waals surface area contributed by atoms with Gasteiger partial charge in [0.25, 0.3) is 0 Å². The summed E-state index contributed by atoms with van der Waals surface area (Å²) in [6, 6.07) is 33.2. The van der Waals surface area contributed by atoms with E-state index in [9.17, 15) is 4.79 Å². The van der Waals surface area contributed by atoms with Gasteiger partial charge in [-0.3, -0.25) is 4.79 Å². The van der Waals surface area contributed by atoms with Crippen molar-refractivity contribution < 1.29 is 4.79 Å². The number of halogens is 1. The standard InChI is InChI=1S/C27H22ClNO/c28-26-16-19(17-27(29)30)11-12-23(26)13-20-14-24(21-7-3-1-4-8-21)18-25(15-20)22-9-5-2-6-10-22/h1-12,14-16,18H,13,17H2,(H2,29,30). The van der Waals surface area contributed by atoms with Crippen molar-refractivity contribution in [3.8, 4) is 22.3 Å². The van der Waals surface area contributed by atoms with E-state index in [-0.39, 0.29) is 12.3 Å². The third kappa shape index (κ3) is 4.79. The lowest BCUT2D eigenvalue weighted by Crippen LogP contribution is -2.13. The molecular weight excluding hydrogens is 390 g/mol. The molecule has 4 rings (SSSR count). The Morgan fingerprint density at radius 1 is 0.667 bits per heavy atom. The molecular formula is C27H22ClNO. The quantitative estimate of drug-likeness (QED) is 0.398. The van der Waals surface area contributed by atoms with Crippen LogP contribution in [0.5, 0.6) is 0 Å². The van der Waals surface area contributed by atoms with Crippen molar-refractivity contribution in [2.24, 2.45) is 5.73 Å². The summed E-state index contributed by atoms with van der Waals surface area (Å²) in [5, 5.41) is 0.653. The molecule has 0 spiro atoms. The number of carbonyl (C=O) groups is 1. The van der Waals surface area contributed by atoms with Crippen molar-refractivity contribution in [1.29, 1.82) is 0 Å². The van der Waals surface area contributed by atoms with Crippen LogP contribution in [-0.2, 0) is 17.6 Å². The highest BCUT2D eigenvalue weighted by molar-refractivity contribution is 6.31. The van der Waals surface area contributed by atoms with Gasteiger partial charge in [-0.1, -0.05) is 96.5 Å². The van der Waals surface area contributed by atoms with Gasteiger partial charge in [-0.05, 0) is 57.5 Å². The van der Waals surface area contributed by atoms with E-state index in [1.54, 1.807) is 0 Å². The molecule has 0 saturated carbocycles. The molecule has 0 bridgehead atoms. The largest absolute Gasteiger partial charge is 0.369 e. The zero-order chi connectivity index (χ0) is 20.9. The van der Waals surface area contributed by atoms with Gasteiger partial charge in [0.05, 0.1) is 6.42 Å². The molecule has 0 saturated heterocycles. The summed E-state index contributed by atoms with van der Waals surface area (Å²) in [5.41, 5.74) is 13.0. The highest BCUT2D eigenvalue weighted by Gasteiger charge is 2.09. The first kappa shape index (κ1) is 19.9. The number of amides is 1. The Hall–Kier alpha value is -3.36. The van der Waals surface area contributed by atoms with Crippen LogP contribution in [-0.4, -0.2) is 5.91 Å². The zero-order valence-corrected chi connectivity index (χ0v) is 17.3. The van der Waals surface area contributed by atoms with Gasteiger partial charge in [-0.2, -0.15) is 0 Å². The molecule has 0 radical (unpaired) electrons. The summed E-state index contributed by atoms with van der Waals surface area (Å²) in [7, 11) is 0. The van der Waals surface area contributed by atoms with E-state index in [0.717, 1.165) is 11.1 Å². The third-order valence-corrected chi connectivity index (χ3v) is 5.45. The summed E-state index contributed by atoms with van der Waals surface area (Å²) in [6.07, 6.45) is 0.901. The van der Waals surface area contributed by atoms with Gasteiger partial charge in [-0.15, -0.1) is 0 Å². The second-order valence-electron chi connectivity index (χ2n) is 7.40. The van der Waals surface area contributed by atoms with Crippen LogP contribution in [0, 0.1) is 0 Å². The molecule has 0 fully saturated rings. The minimum atomic E-state index is -0.359. The Bertz CT molecular complexity index is 1110. The molecule has 0 unspecified atom stereocenters. The molecule has 0 aliphatic heterocycles. The molecule has 0 heterocycles. The molecule has 30 heavy (non-hydrogen) atoms. The van der Waals surface area contributed by atoms with Gasteiger partial charge in [0.2, 0.25) is 5.91 Å². The first-order valence-corrected chi connectivity index (χ1v) is 10.3. The smallest absolute Gasteiger partial charge is 0.221 e. The number of hydrogen-bond donors (Lipinski definition) is 1. The Morgan fingerprint density at radius 3 is 1.73 bits per heavy atom. The average Bonchev–Trinajstić information content (AvgIpc) is 2.76. The van der Waals surface area contributed by atoms with Crippen LogP contribution >= 0.6 is 11.6 Å². The van der Waals surface area contributed by atoms with Gasteiger partial charge in [-0.25, -0.2) is 0 Å². The second kappa shape index (κ2) is 8.98. The molecule has 4 aromatic rings. The topological polar surface area (TPSA) is 43.1 Å². The van der Waals surface area contributed by atoms with Gasteiger partial charge in [0.15, 0.2) is 0 Å². The number of carbonyl (C=O) groups excluding carboxylic acids is 1. The van der Waals surface area contributed by atoms with E-state index in [2.05, 4.69) is 66.7 Å². The van der Waals surface area contributed by atoms with Crippen LogP contribution in [0.2, 0.25) is 5.02 Å². The molecule has 2 nitrogen and oxygen atoms in total.